The molecule has 1 aliphatic rings. The molecule has 4 rings (SSSR count). The van der Waals surface area contributed by atoms with Crippen LogP contribution >= 0.6 is 12.4 Å². The molecule has 1 heterocycles. The maximum absolute atomic E-state index is 12.5. The zero-order valence-electron chi connectivity index (χ0n) is 13.7. The number of anilines is 1. The van der Waals surface area contributed by atoms with Crippen LogP contribution in [0.2, 0.25) is 0 Å². The Morgan fingerprint density at radius 2 is 2.12 bits per heavy atom. The monoisotopic (exact) mass is 357 g/mol. The van der Waals surface area contributed by atoms with Crippen LogP contribution in [-0.2, 0) is 17.6 Å². The number of benzene rings is 2. The van der Waals surface area contributed by atoms with Gasteiger partial charge in [0.15, 0.2) is 5.58 Å². The average molecular weight is 358 g/mol. The number of halogens is 1. The van der Waals surface area contributed by atoms with E-state index in [-0.39, 0.29) is 30.8 Å². The number of nitrogen functional groups attached to an aromatic ring is 1. The average Bonchev–Trinajstić information content (AvgIpc) is 2.98. The molecule has 0 saturated heterocycles. The predicted octanol–water partition coefficient (Wildman–Crippen LogP) is 3.57. The first-order valence-corrected chi connectivity index (χ1v) is 8.21. The Morgan fingerprint density at radius 1 is 1.28 bits per heavy atom. The van der Waals surface area contributed by atoms with Crippen molar-refractivity contribution < 1.29 is 9.32 Å². The number of fused-ring (bicyclic) bond motifs is 2. The number of carbonyl (C=O) groups is 1. The van der Waals surface area contributed by atoms with Crippen LogP contribution in [0.15, 0.2) is 47.0 Å². The van der Waals surface area contributed by atoms with Gasteiger partial charge in [0.1, 0.15) is 5.69 Å². The second-order valence-corrected chi connectivity index (χ2v) is 6.27. The normalized spacial score (nSPS) is 16.1. The van der Waals surface area contributed by atoms with Gasteiger partial charge >= 0.3 is 0 Å². The number of nitrogens with two attached hydrogens (primary N) is 1. The van der Waals surface area contributed by atoms with Gasteiger partial charge in [0, 0.05) is 11.1 Å². The van der Waals surface area contributed by atoms with Crippen molar-refractivity contribution in [2.45, 2.75) is 31.7 Å². The van der Waals surface area contributed by atoms with Crippen LogP contribution in [0.5, 0.6) is 0 Å². The van der Waals surface area contributed by atoms with Crippen molar-refractivity contribution in [3.63, 3.8) is 0 Å². The fourth-order valence-electron chi connectivity index (χ4n) is 3.45. The Balaban J connectivity index is 0.00000182. The number of hydrogen-bond acceptors (Lipinski definition) is 4. The van der Waals surface area contributed by atoms with E-state index in [9.17, 15) is 4.79 Å². The molecular formula is C19H20ClN3O2. The molecule has 1 unspecified atom stereocenters. The summed E-state index contributed by atoms with van der Waals surface area (Å²) in [5.74, 6) is -0.0382. The first kappa shape index (κ1) is 17.3. The van der Waals surface area contributed by atoms with Crippen molar-refractivity contribution in [2.75, 3.05) is 5.73 Å². The Kier molecular flexibility index (Phi) is 4.95. The molecule has 130 valence electrons. The lowest BCUT2D eigenvalue weighted by molar-refractivity contribution is -0.121. The van der Waals surface area contributed by atoms with Crippen molar-refractivity contribution in [3.05, 3.63) is 59.3 Å². The molecule has 1 atom stereocenters. The SMILES string of the molecule is Cl.Nc1ccc2c(c1)CCCC2NC(=O)Cc1noc2ccccc12. The second-order valence-electron chi connectivity index (χ2n) is 6.27. The van der Waals surface area contributed by atoms with Gasteiger partial charge in [-0.15, -0.1) is 12.4 Å². The van der Waals surface area contributed by atoms with Gasteiger partial charge in [-0.05, 0) is 54.7 Å². The third kappa shape index (κ3) is 3.46. The lowest BCUT2D eigenvalue weighted by Gasteiger charge is -2.26. The second kappa shape index (κ2) is 7.15. The molecule has 0 spiro atoms. The molecule has 6 heteroatoms. The molecule has 0 radical (unpaired) electrons. The van der Waals surface area contributed by atoms with E-state index in [4.69, 9.17) is 10.3 Å². The maximum atomic E-state index is 12.5. The van der Waals surface area contributed by atoms with Gasteiger partial charge in [-0.25, -0.2) is 0 Å². The number of hydrogen-bond donors (Lipinski definition) is 2. The summed E-state index contributed by atoms with van der Waals surface area (Å²) in [5.41, 5.74) is 10.4. The molecule has 0 bridgehead atoms. The molecule has 3 aromatic rings. The highest BCUT2D eigenvalue weighted by Crippen LogP contribution is 2.31. The van der Waals surface area contributed by atoms with Crippen LogP contribution in [0.4, 0.5) is 5.69 Å². The van der Waals surface area contributed by atoms with E-state index in [0.29, 0.717) is 11.3 Å². The van der Waals surface area contributed by atoms with E-state index in [0.717, 1.165) is 30.3 Å². The van der Waals surface area contributed by atoms with Gasteiger partial charge in [0.05, 0.1) is 12.5 Å². The Bertz CT molecular complexity index is 907. The summed E-state index contributed by atoms with van der Waals surface area (Å²) in [6, 6.07) is 13.6. The smallest absolute Gasteiger partial charge is 0.226 e. The lowest BCUT2D eigenvalue weighted by atomic mass is 9.87. The maximum Gasteiger partial charge on any atom is 0.226 e. The quantitative estimate of drug-likeness (QED) is 0.702. The third-order valence-electron chi connectivity index (χ3n) is 4.60. The van der Waals surface area contributed by atoms with Crippen LogP contribution in [-0.4, -0.2) is 11.1 Å². The van der Waals surface area contributed by atoms with Crippen molar-refractivity contribution in [1.29, 1.82) is 0 Å². The number of aromatic nitrogens is 1. The Hall–Kier alpha value is -2.53. The predicted molar refractivity (Wildman–Crippen MR) is 99.6 cm³/mol. The van der Waals surface area contributed by atoms with Gasteiger partial charge in [0.25, 0.3) is 0 Å². The summed E-state index contributed by atoms with van der Waals surface area (Å²) >= 11 is 0. The first-order chi connectivity index (χ1) is 11.7. The molecule has 2 aromatic carbocycles. The third-order valence-corrected chi connectivity index (χ3v) is 4.60. The van der Waals surface area contributed by atoms with Gasteiger partial charge in [-0.2, -0.15) is 0 Å². The lowest BCUT2D eigenvalue weighted by Crippen LogP contribution is -2.32. The minimum Gasteiger partial charge on any atom is -0.399 e. The molecule has 0 saturated carbocycles. The molecule has 0 fully saturated rings. The molecule has 1 aliphatic carbocycles. The highest BCUT2D eigenvalue weighted by Gasteiger charge is 2.22. The molecule has 5 nitrogen and oxygen atoms in total. The van der Waals surface area contributed by atoms with Crippen LogP contribution in [0.3, 0.4) is 0 Å². The number of para-hydroxylation sites is 1. The number of rotatable bonds is 3. The molecule has 1 aromatic heterocycles. The van der Waals surface area contributed by atoms with Gasteiger partial charge in [-0.1, -0.05) is 23.4 Å². The number of nitrogens with zero attached hydrogens (tertiary/aromatic N) is 1. The fraction of sp³-hybridized carbons (Fsp3) is 0.263. The summed E-state index contributed by atoms with van der Waals surface area (Å²) in [5, 5.41) is 8.06. The number of amides is 1. The highest BCUT2D eigenvalue weighted by molar-refractivity contribution is 5.86. The van der Waals surface area contributed by atoms with Crippen LogP contribution in [0.25, 0.3) is 11.0 Å². The van der Waals surface area contributed by atoms with E-state index < -0.39 is 0 Å². The van der Waals surface area contributed by atoms with E-state index in [1.165, 1.54) is 11.1 Å². The van der Waals surface area contributed by atoms with Crippen LogP contribution in [0, 0.1) is 0 Å². The summed E-state index contributed by atoms with van der Waals surface area (Å²) in [4.78, 5) is 12.5. The van der Waals surface area contributed by atoms with E-state index in [2.05, 4.69) is 10.5 Å². The van der Waals surface area contributed by atoms with Crippen molar-refractivity contribution in [2.24, 2.45) is 0 Å². The van der Waals surface area contributed by atoms with Crippen LogP contribution < -0.4 is 11.1 Å². The van der Waals surface area contributed by atoms with Gasteiger partial charge in [-0.3, -0.25) is 4.79 Å². The summed E-state index contributed by atoms with van der Waals surface area (Å²) in [6.45, 7) is 0. The van der Waals surface area contributed by atoms with Crippen molar-refractivity contribution in [3.8, 4) is 0 Å². The molecular weight excluding hydrogens is 338 g/mol. The van der Waals surface area contributed by atoms with E-state index in [1.54, 1.807) is 0 Å². The standard InChI is InChI=1S/C19H19N3O2.ClH/c20-13-8-9-14-12(10-13)4-3-6-16(14)21-19(23)11-17-15-5-1-2-7-18(15)24-22-17;/h1-2,5,7-10,16H,3-4,6,11,20H2,(H,21,23);1H. The van der Waals surface area contributed by atoms with Crippen LogP contribution in [0.1, 0.15) is 35.7 Å². The minimum absolute atomic E-state index is 0. The van der Waals surface area contributed by atoms with E-state index >= 15 is 0 Å². The van der Waals surface area contributed by atoms with E-state index in [1.807, 2.05) is 42.5 Å². The fourth-order valence-corrected chi connectivity index (χ4v) is 3.45. The Labute approximate surface area is 152 Å². The Morgan fingerprint density at radius 3 is 3.00 bits per heavy atom. The van der Waals surface area contributed by atoms with Crippen molar-refractivity contribution in [1.82, 2.24) is 10.5 Å². The molecule has 1 amide bonds. The zero-order valence-corrected chi connectivity index (χ0v) is 14.5. The van der Waals surface area contributed by atoms with Crippen molar-refractivity contribution >= 4 is 35.0 Å². The summed E-state index contributed by atoms with van der Waals surface area (Å²) < 4.78 is 5.27. The van der Waals surface area contributed by atoms with Gasteiger partial charge in [0.2, 0.25) is 5.91 Å². The highest BCUT2D eigenvalue weighted by atomic mass is 35.5. The topological polar surface area (TPSA) is 81.1 Å². The summed E-state index contributed by atoms with van der Waals surface area (Å²) in [7, 11) is 0. The van der Waals surface area contributed by atoms with Gasteiger partial charge < -0.3 is 15.6 Å². The first-order valence-electron chi connectivity index (χ1n) is 8.21. The number of aryl methyl sites for hydroxylation is 1. The minimum atomic E-state index is -0.0382. The number of nitrogens with one attached hydrogen (secondary N) is 1. The summed E-state index contributed by atoms with van der Waals surface area (Å²) in [6.07, 6.45) is 3.23. The molecule has 25 heavy (non-hydrogen) atoms. The zero-order chi connectivity index (χ0) is 16.5. The molecule has 0 aliphatic heterocycles. The molecule has 3 N–H and O–H groups in total. The number of carbonyl (C=O) groups excluding carboxylic acids is 1. The largest absolute Gasteiger partial charge is 0.399 e.